The fourth-order valence-electron chi connectivity index (χ4n) is 1.97. The van der Waals surface area contributed by atoms with Crippen LogP contribution in [0.25, 0.3) is 0 Å². The van der Waals surface area contributed by atoms with Crippen molar-refractivity contribution < 1.29 is 0 Å². The van der Waals surface area contributed by atoms with E-state index in [-0.39, 0.29) is 5.41 Å². The second-order valence-corrected chi connectivity index (χ2v) is 6.71. The van der Waals surface area contributed by atoms with Gasteiger partial charge in [0.2, 0.25) is 0 Å². The summed E-state index contributed by atoms with van der Waals surface area (Å²) >= 11 is 12.4. The Morgan fingerprint density at radius 3 is 2.22 bits per heavy atom. The minimum absolute atomic E-state index is 0.191. The first-order chi connectivity index (χ1) is 8.32. The number of rotatable bonds is 6. The summed E-state index contributed by atoms with van der Waals surface area (Å²) in [6.45, 7) is 9.87. The van der Waals surface area contributed by atoms with Gasteiger partial charge in [-0.3, -0.25) is 0 Å². The number of hydrogen-bond acceptors (Lipinski definition) is 1. The largest absolute Gasteiger partial charge is 0.315 e. The van der Waals surface area contributed by atoms with Crippen molar-refractivity contribution in [3.05, 3.63) is 33.8 Å². The molecule has 1 rings (SSSR count). The molecular formula is C15H23Cl2N. The second-order valence-electron chi connectivity index (χ2n) is 5.90. The summed E-state index contributed by atoms with van der Waals surface area (Å²) in [6.07, 6.45) is 2.01. The van der Waals surface area contributed by atoms with Crippen LogP contribution in [0.2, 0.25) is 10.0 Å². The Labute approximate surface area is 121 Å². The standard InChI is InChI=1S/C15H23Cl2N/c1-11(2)18-9-8-15(3,4)10-12-13(16)6-5-7-14(12)17/h5-7,11,18H,8-10H2,1-4H3. The minimum atomic E-state index is 0.191. The lowest BCUT2D eigenvalue weighted by Gasteiger charge is -2.26. The van der Waals surface area contributed by atoms with Crippen molar-refractivity contribution in [2.75, 3.05) is 6.54 Å². The fraction of sp³-hybridized carbons (Fsp3) is 0.600. The van der Waals surface area contributed by atoms with Gasteiger partial charge in [-0.25, -0.2) is 0 Å². The van der Waals surface area contributed by atoms with Crippen molar-refractivity contribution in [3.8, 4) is 0 Å². The summed E-state index contributed by atoms with van der Waals surface area (Å²) in [6, 6.07) is 6.24. The van der Waals surface area contributed by atoms with Crippen LogP contribution in [-0.2, 0) is 6.42 Å². The van der Waals surface area contributed by atoms with Gasteiger partial charge < -0.3 is 5.32 Å². The summed E-state index contributed by atoms with van der Waals surface area (Å²) in [5.74, 6) is 0. The zero-order valence-corrected chi connectivity index (χ0v) is 13.2. The molecule has 0 heterocycles. The molecule has 0 spiro atoms. The van der Waals surface area contributed by atoms with E-state index in [1.807, 2.05) is 18.2 Å². The van der Waals surface area contributed by atoms with E-state index in [4.69, 9.17) is 23.2 Å². The molecule has 1 aromatic rings. The Hall–Kier alpha value is -0.240. The van der Waals surface area contributed by atoms with Crippen LogP contribution in [-0.4, -0.2) is 12.6 Å². The molecule has 0 bridgehead atoms. The fourth-order valence-corrected chi connectivity index (χ4v) is 2.50. The van der Waals surface area contributed by atoms with Gasteiger partial charge in [0.1, 0.15) is 0 Å². The lowest BCUT2D eigenvalue weighted by atomic mass is 9.82. The number of benzene rings is 1. The van der Waals surface area contributed by atoms with Gasteiger partial charge in [-0.2, -0.15) is 0 Å². The summed E-state index contributed by atoms with van der Waals surface area (Å²) in [5.41, 5.74) is 1.26. The number of halogens is 2. The molecule has 102 valence electrons. The van der Waals surface area contributed by atoms with Crippen molar-refractivity contribution in [3.63, 3.8) is 0 Å². The Morgan fingerprint density at radius 2 is 1.72 bits per heavy atom. The predicted octanol–water partition coefficient (Wildman–Crippen LogP) is 4.95. The average Bonchev–Trinajstić information content (AvgIpc) is 2.23. The quantitative estimate of drug-likeness (QED) is 0.781. The van der Waals surface area contributed by atoms with E-state index in [0.717, 1.165) is 35.0 Å². The van der Waals surface area contributed by atoms with Gasteiger partial charge in [0.25, 0.3) is 0 Å². The molecule has 0 unspecified atom stereocenters. The maximum Gasteiger partial charge on any atom is 0.0453 e. The van der Waals surface area contributed by atoms with Crippen LogP contribution in [0, 0.1) is 5.41 Å². The topological polar surface area (TPSA) is 12.0 Å². The lowest BCUT2D eigenvalue weighted by Crippen LogP contribution is -2.28. The van der Waals surface area contributed by atoms with Crippen molar-refractivity contribution in [2.24, 2.45) is 5.41 Å². The Kier molecular flexibility index (Phi) is 5.97. The van der Waals surface area contributed by atoms with Crippen LogP contribution in [0.15, 0.2) is 18.2 Å². The first-order valence-electron chi connectivity index (χ1n) is 6.48. The van der Waals surface area contributed by atoms with Crippen LogP contribution in [0.5, 0.6) is 0 Å². The summed E-state index contributed by atoms with van der Waals surface area (Å²) in [7, 11) is 0. The lowest BCUT2D eigenvalue weighted by molar-refractivity contribution is 0.320. The van der Waals surface area contributed by atoms with Gasteiger partial charge >= 0.3 is 0 Å². The molecule has 1 aromatic carbocycles. The van der Waals surface area contributed by atoms with Gasteiger partial charge in [-0.1, -0.05) is 57.0 Å². The second kappa shape index (κ2) is 6.79. The molecule has 0 saturated heterocycles. The first kappa shape index (κ1) is 15.8. The van der Waals surface area contributed by atoms with E-state index < -0.39 is 0 Å². The van der Waals surface area contributed by atoms with Gasteiger partial charge in [0, 0.05) is 16.1 Å². The molecule has 0 atom stereocenters. The van der Waals surface area contributed by atoms with Crippen LogP contribution in [0.3, 0.4) is 0 Å². The highest BCUT2D eigenvalue weighted by molar-refractivity contribution is 6.35. The molecule has 0 amide bonds. The van der Waals surface area contributed by atoms with E-state index in [0.29, 0.717) is 6.04 Å². The maximum absolute atomic E-state index is 6.22. The van der Waals surface area contributed by atoms with Crippen molar-refractivity contribution in [1.82, 2.24) is 5.32 Å². The number of nitrogens with one attached hydrogen (secondary N) is 1. The zero-order chi connectivity index (χ0) is 13.8. The third-order valence-electron chi connectivity index (χ3n) is 3.07. The van der Waals surface area contributed by atoms with E-state index >= 15 is 0 Å². The maximum atomic E-state index is 6.22. The van der Waals surface area contributed by atoms with Crippen molar-refractivity contribution in [2.45, 2.75) is 46.6 Å². The highest BCUT2D eigenvalue weighted by Crippen LogP contribution is 2.33. The summed E-state index contributed by atoms with van der Waals surface area (Å²) in [5, 5.41) is 4.99. The van der Waals surface area contributed by atoms with E-state index in [2.05, 4.69) is 33.0 Å². The van der Waals surface area contributed by atoms with Crippen molar-refractivity contribution >= 4 is 23.2 Å². The minimum Gasteiger partial charge on any atom is -0.315 e. The van der Waals surface area contributed by atoms with Gasteiger partial charge in [-0.15, -0.1) is 0 Å². The Morgan fingerprint density at radius 1 is 1.17 bits per heavy atom. The molecule has 0 saturated carbocycles. The van der Waals surface area contributed by atoms with Crippen LogP contribution >= 0.6 is 23.2 Å². The molecule has 1 N–H and O–H groups in total. The van der Waals surface area contributed by atoms with Crippen LogP contribution < -0.4 is 5.32 Å². The van der Waals surface area contributed by atoms with Crippen LogP contribution in [0.1, 0.15) is 39.7 Å². The van der Waals surface area contributed by atoms with E-state index in [1.165, 1.54) is 0 Å². The normalized spacial score (nSPS) is 12.2. The molecular weight excluding hydrogens is 265 g/mol. The molecule has 18 heavy (non-hydrogen) atoms. The predicted molar refractivity (Wildman–Crippen MR) is 81.7 cm³/mol. The Balaban J connectivity index is 2.64. The molecule has 0 aliphatic rings. The highest BCUT2D eigenvalue weighted by atomic mass is 35.5. The number of hydrogen-bond donors (Lipinski definition) is 1. The van der Waals surface area contributed by atoms with E-state index in [1.54, 1.807) is 0 Å². The van der Waals surface area contributed by atoms with Gasteiger partial charge in [0.05, 0.1) is 0 Å². The van der Waals surface area contributed by atoms with Gasteiger partial charge in [-0.05, 0) is 42.5 Å². The third kappa shape index (κ3) is 5.17. The highest BCUT2D eigenvalue weighted by Gasteiger charge is 2.21. The summed E-state index contributed by atoms with van der Waals surface area (Å²) < 4.78 is 0. The molecule has 0 aliphatic heterocycles. The van der Waals surface area contributed by atoms with E-state index in [9.17, 15) is 0 Å². The first-order valence-corrected chi connectivity index (χ1v) is 7.24. The molecule has 0 aliphatic carbocycles. The average molecular weight is 288 g/mol. The molecule has 0 radical (unpaired) electrons. The molecule has 0 aromatic heterocycles. The smallest absolute Gasteiger partial charge is 0.0453 e. The molecule has 0 fully saturated rings. The van der Waals surface area contributed by atoms with Crippen LogP contribution in [0.4, 0.5) is 0 Å². The Bertz CT molecular complexity index is 366. The SMILES string of the molecule is CC(C)NCCC(C)(C)Cc1c(Cl)cccc1Cl. The van der Waals surface area contributed by atoms with Crippen molar-refractivity contribution in [1.29, 1.82) is 0 Å². The summed E-state index contributed by atoms with van der Waals surface area (Å²) in [4.78, 5) is 0. The third-order valence-corrected chi connectivity index (χ3v) is 3.78. The van der Waals surface area contributed by atoms with Gasteiger partial charge in [0.15, 0.2) is 0 Å². The molecule has 3 heteroatoms. The molecule has 1 nitrogen and oxygen atoms in total. The monoisotopic (exact) mass is 287 g/mol. The zero-order valence-electron chi connectivity index (χ0n) is 11.7.